The van der Waals surface area contributed by atoms with Gasteiger partial charge in [0.15, 0.2) is 0 Å². The Balaban J connectivity index is 1.34. The molecule has 0 aliphatic heterocycles. The van der Waals surface area contributed by atoms with Gasteiger partial charge in [-0.1, -0.05) is 29.5 Å². The number of alkyl carbamates (subject to hydrolysis) is 1. The summed E-state index contributed by atoms with van der Waals surface area (Å²) in [6, 6.07) is 12.8. The molecule has 1 saturated carbocycles. The summed E-state index contributed by atoms with van der Waals surface area (Å²) in [6.07, 6.45) is 4.46. The van der Waals surface area contributed by atoms with Gasteiger partial charge in [0.2, 0.25) is 0 Å². The van der Waals surface area contributed by atoms with E-state index in [1.54, 1.807) is 24.4 Å². The highest BCUT2D eigenvalue weighted by atomic mass is 35.5. The molecule has 2 amide bonds. The lowest BCUT2D eigenvalue weighted by Crippen LogP contribution is -2.45. The summed E-state index contributed by atoms with van der Waals surface area (Å²) in [5.41, 5.74) is 7.50. The summed E-state index contributed by atoms with van der Waals surface area (Å²) in [5.74, 6) is 6.43. The number of nitrogens with two attached hydrogens (primary N) is 1. The van der Waals surface area contributed by atoms with Crippen molar-refractivity contribution in [1.82, 2.24) is 15.6 Å². The van der Waals surface area contributed by atoms with Crippen molar-refractivity contribution in [1.29, 1.82) is 0 Å². The fraction of sp³-hybridized carbons (Fsp3) is 0.345. The van der Waals surface area contributed by atoms with Crippen LogP contribution in [0.25, 0.3) is 10.8 Å². The van der Waals surface area contributed by atoms with Crippen LogP contribution in [-0.4, -0.2) is 34.7 Å². The fourth-order valence-corrected chi connectivity index (χ4v) is 4.47. The second-order valence-electron chi connectivity index (χ2n) is 10.2. The molecular formula is C29H31ClN4O3. The molecule has 7 nitrogen and oxygen atoms in total. The first kappa shape index (κ1) is 26.3. The van der Waals surface area contributed by atoms with Crippen LogP contribution in [0.4, 0.5) is 10.6 Å². The normalized spacial score (nSPS) is 17.4. The maximum atomic E-state index is 12.8. The van der Waals surface area contributed by atoms with Crippen molar-refractivity contribution in [2.24, 2.45) is 0 Å². The lowest BCUT2D eigenvalue weighted by atomic mass is 9.91. The zero-order valence-corrected chi connectivity index (χ0v) is 22.0. The molecular weight excluding hydrogens is 488 g/mol. The Hall–Kier alpha value is -3.76. The van der Waals surface area contributed by atoms with Gasteiger partial charge >= 0.3 is 6.09 Å². The monoisotopic (exact) mass is 518 g/mol. The number of nitrogen functional groups attached to an aromatic ring is 1. The van der Waals surface area contributed by atoms with E-state index in [-0.39, 0.29) is 18.0 Å². The molecule has 192 valence electrons. The highest BCUT2D eigenvalue weighted by Gasteiger charge is 2.25. The van der Waals surface area contributed by atoms with Crippen molar-refractivity contribution in [2.75, 3.05) is 5.73 Å². The second-order valence-corrected chi connectivity index (χ2v) is 10.7. The zero-order valence-electron chi connectivity index (χ0n) is 21.2. The van der Waals surface area contributed by atoms with Crippen LogP contribution >= 0.6 is 11.6 Å². The van der Waals surface area contributed by atoms with Gasteiger partial charge in [0, 0.05) is 45.2 Å². The van der Waals surface area contributed by atoms with E-state index in [2.05, 4.69) is 27.5 Å². The number of halogens is 1. The SMILES string of the molecule is CC(C)(C)OC(=O)N[C@H]1CC[C@H](NC(=O)c2ccc(C#Cc3c(N)ncc4ccc(Cl)cc34)cc2)CC1. The quantitative estimate of drug-likeness (QED) is 0.400. The van der Waals surface area contributed by atoms with Crippen molar-refractivity contribution in [3.05, 3.63) is 70.4 Å². The minimum Gasteiger partial charge on any atom is -0.444 e. The molecule has 1 aliphatic rings. The number of ether oxygens (including phenoxy) is 1. The Labute approximate surface area is 222 Å². The maximum absolute atomic E-state index is 12.8. The molecule has 1 aliphatic carbocycles. The molecule has 0 spiro atoms. The summed E-state index contributed by atoms with van der Waals surface area (Å²) in [7, 11) is 0. The van der Waals surface area contributed by atoms with E-state index in [4.69, 9.17) is 22.1 Å². The predicted octanol–water partition coefficient (Wildman–Crippen LogP) is 5.44. The number of rotatable bonds is 3. The predicted molar refractivity (Wildman–Crippen MR) is 146 cm³/mol. The van der Waals surface area contributed by atoms with Gasteiger partial charge in [-0.2, -0.15) is 0 Å². The van der Waals surface area contributed by atoms with Crippen molar-refractivity contribution >= 4 is 40.2 Å². The molecule has 8 heteroatoms. The molecule has 0 unspecified atom stereocenters. The number of pyridine rings is 1. The largest absolute Gasteiger partial charge is 0.444 e. The molecule has 0 bridgehead atoms. The summed E-state index contributed by atoms with van der Waals surface area (Å²) >= 11 is 6.16. The minimum absolute atomic E-state index is 0.0582. The molecule has 4 rings (SSSR count). The van der Waals surface area contributed by atoms with Gasteiger partial charge in [-0.05, 0) is 82.9 Å². The first-order valence-electron chi connectivity index (χ1n) is 12.3. The number of hydrogen-bond acceptors (Lipinski definition) is 5. The second kappa shape index (κ2) is 11.1. The number of carbonyl (C=O) groups is 2. The van der Waals surface area contributed by atoms with Gasteiger partial charge in [0.25, 0.3) is 5.91 Å². The first-order chi connectivity index (χ1) is 17.6. The number of carbonyl (C=O) groups excluding carboxylic acids is 2. The van der Waals surface area contributed by atoms with Gasteiger partial charge in [-0.15, -0.1) is 0 Å². The van der Waals surface area contributed by atoms with E-state index in [1.165, 1.54) is 0 Å². The van der Waals surface area contributed by atoms with Crippen LogP contribution in [0.2, 0.25) is 5.02 Å². The van der Waals surface area contributed by atoms with Crippen molar-refractivity contribution in [3.63, 3.8) is 0 Å². The van der Waals surface area contributed by atoms with E-state index in [0.717, 1.165) is 42.0 Å². The lowest BCUT2D eigenvalue weighted by Gasteiger charge is -2.30. The van der Waals surface area contributed by atoms with E-state index in [9.17, 15) is 9.59 Å². The number of benzene rings is 2. The molecule has 4 N–H and O–H groups in total. The molecule has 0 saturated heterocycles. The van der Waals surface area contributed by atoms with Crippen LogP contribution in [0.15, 0.2) is 48.7 Å². The third kappa shape index (κ3) is 7.14. The molecule has 1 fully saturated rings. The Morgan fingerprint density at radius 1 is 1.00 bits per heavy atom. The Bertz CT molecular complexity index is 1360. The Morgan fingerprint density at radius 2 is 1.65 bits per heavy atom. The van der Waals surface area contributed by atoms with Gasteiger partial charge in [-0.25, -0.2) is 9.78 Å². The van der Waals surface area contributed by atoms with Gasteiger partial charge in [0.05, 0.1) is 5.56 Å². The number of amides is 2. The van der Waals surface area contributed by atoms with Crippen molar-refractivity contribution < 1.29 is 14.3 Å². The van der Waals surface area contributed by atoms with Crippen LogP contribution in [-0.2, 0) is 4.74 Å². The average molecular weight is 519 g/mol. The van der Waals surface area contributed by atoms with E-state index in [1.807, 2.05) is 45.0 Å². The maximum Gasteiger partial charge on any atom is 0.407 e. The minimum atomic E-state index is -0.523. The fourth-order valence-electron chi connectivity index (χ4n) is 4.30. The first-order valence-corrected chi connectivity index (χ1v) is 12.7. The molecule has 2 aromatic carbocycles. The smallest absolute Gasteiger partial charge is 0.407 e. The van der Waals surface area contributed by atoms with E-state index < -0.39 is 11.7 Å². The van der Waals surface area contributed by atoms with Crippen LogP contribution in [0, 0.1) is 11.8 Å². The number of nitrogens with zero attached hydrogens (tertiary/aromatic N) is 1. The van der Waals surface area contributed by atoms with Gasteiger partial charge in [0.1, 0.15) is 11.4 Å². The molecule has 0 radical (unpaired) electrons. The Kier molecular flexibility index (Phi) is 7.89. The highest BCUT2D eigenvalue weighted by Crippen LogP contribution is 2.25. The number of anilines is 1. The van der Waals surface area contributed by atoms with Gasteiger partial charge in [-0.3, -0.25) is 4.79 Å². The summed E-state index contributed by atoms with van der Waals surface area (Å²) in [5, 5.41) is 8.38. The number of hydrogen-bond donors (Lipinski definition) is 3. The topological polar surface area (TPSA) is 106 Å². The van der Waals surface area contributed by atoms with E-state index >= 15 is 0 Å². The van der Waals surface area contributed by atoms with Gasteiger partial charge < -0.3 is 21.1 Å². The standard InChI is InChI=1S/C29H31ClN4O3/c1-29(2,3)37-28(36)34-23-13-11-22(12-14-23)33-27(35)19-7-4-18(5-8-19)6-15-24-25-16-21(30)10-9-20(25)17-32-26(24)31/h4-5,7-10,16-17,22-23H,11-14H2,1-3H3,(H2,31,32)(H,33,35)(H,34,36)/t22-,23-. The number of nitrogens with one attached hydrogen (secondary N) is 2. The lowest BCUT2D eigenvalue weighted by molar-refractivity contribution is 0.0488. The van der Waals surface area contributed by atoms with Crippen LogP contribution < -0.4 is 16.4 Å². The molecule has 1 aromatic heterocycles. The van der Waals surface area contributed by atoms with Crippen molar-refractivity contribution in [2.45, 2.75) is 64.1 Å². The third-order valence-corrected chi connectivity index (χ3v) is 6.38. The number of fused-ring (bicyclic) bond motifs is 1. The molecule has 3 aromatic rings. The summed E-state index contributed by atoms with van der Waals surface area (Å²) < 4.78 is 5.33. The van der Waals surface area contributed by atoms with Crippen LogP contribution in [0.3, 0.4) is 0 Å². The molecule has 37 heavy (non-hydrogen) atoms. The summed E-state index contributed by atoms with van der Waals surface area (Å²) in [6.45, 7) is 5.52. The third-order valence-electron chi connectivity index (χ3n) is 6.15. The van der Waals surface area contributed by atoms with Crippen LogP contribution in [0.1, 0.15) is 67.9 Å². The van der Waals surface area contributed by atoms with E-state index in [0.29, 0.717) is 22.0 Å². The number of aromatic nitrogens is 1. The highest BCUT2D eigenvalue weighted by molar-refractivity contribution is 6.31. The van der Waals surface area contributed by atoms with Crippen LogP contribution in [0.5, 0.6) is 0 Å². The molecule has 1 heterocycles. The zero-order chi connectivity index (χ0) is 26.6. The average Bonchev–Trinajstić information content (AvgIpc) is 2.84. The van der Waals surface area contributed by atoms with Crippen molar-refractivity contribution in [3.8, 4) is 11.8 Å². The molecule has 0 atom stereocenters. The Morgan fingerprint density at radius 3 is 2.30 bits per heavy atom. The summed E-state index contributed by atoms with van der Waals surface area (Å²) in [4.78, 5) is 29.0.